The van der Waals surface area contributed by atoms with Gasteiger partial charge in [-0.25, -0.2) is 0 Å². The van der Waals surface area contributed by atoms with Crippen molar-refractivity contribution in [3.05, 3.63) is 33.8 Å². The standard InChI is InChI=1S/C11H14BrNO2/c1-7-3-9(5-10(12)4-7)11(15)13-8(2)6-14/h3-5,8,14H,6H2,1-2H3,(H,13,15). The first-order valence-corrected chi connectivity index (χ1v) is 5.51. The van der Waals surface area contributed by atoms with Crippen LogP contribution in [0.3, 0.4) is 0 Å². The Kier molecular flexibility index (Phi) is 4.29. The maximum Gasteiger partial charge on any atom is 0.251 e. The predicted octanol–water partition coefficient (Wildman–Crippen LogP) is 1.87. The summed E-state index contributed by atoms with van der Waals surface area (Å²) in [7, 11) is 0. The van der Waals surface area contributed by atoms with Crippen molar-refractivity contribution in [3.63, 3.8) is 0 Å². The van der Waals surface area contributed by atoms with Crippen LogP contribution in [0.25, 0.3) is 0 Å². The smallest absolute Gasteiger partial charge is 0.251 e. The number of carbonyl (C=O) groups excluding carboxylic acids is 1. The lowest BCUT2D eigenvalue weighted by molar-refractivity contribution is 0.0922. The molecule has 82 valence electrons. The molecule has 0 aliphatic rings. The van der Waals surface area contributed by atoms with Crippen molar-refractivity contribution in [2.24, 2.45) is 0 Å². The Morgan fingerprint density at radius 1 is 1.53 bits per heavy atom. The van der Waals surface area contributed by atoms with Gasteiger partial charge in [0.1, 0.15) is 0 Å². The number of aliphatic hydroxyl groups is 1. The highest BCUT2D eigenvalue weighted by Gasteiger charge is 2.09. The molecule has 0 aliphatic heterocycles. The van der Waals surface area contributed by atoms with Crippen LogP contribution in [0.2, 0.25) is 0 Å². The van der Waals surface area contributed by atoms with Crippen LogP contribution in [0.5, 0.6) is 0 Å². The number of hydrogen-bond donors (Lipinski definition) is 2. The fraction of sp³-hybridized carbons (Fsp3) is 0.364. The molecule has 1 aromatic rings. The lowest BCUT2D eigenvalue weighted by atomic mass is 10.1. The molecule has 1 rings (SSSR count). The van der Waals surface area contributed by atoms with Gasteiger partial charge in [-0.2, -0.15) is 0 Å². The van der Waals surface area contributed by atoms with Crippen molar-refractivity contribution in [3.8, 4) is 0 Å². The third-order valence-corrected chi connectivity index (χ3v) is 2.41. The molecular weight excluding hydrogens is 258 g/mol. The van der Waals surface area contributed by atoms with Gasteiger partial charge in [0.15, 0.2) is 0 Å². The molecule has 2 N–H and O–H groups in total. The number of hydrogen-bond acceptors (Lipinski definition) is 2. The van der Waals surface area contributed by atoms with Crippen LogP contribution in [0.1, 0.15) is 22.8 Å². The fourth-order valence-corrected chi connectivity index (χ4v) is 1.83. The van der Waals surface area contributed by atoms with E-state index in [0.717, 1.165) is 10.0 Å². The van der Waals surface area contributed by atoms with E-state index in [0.29, 0.717) is 5.56 Å². The van der Waals surface area contributed by atoms with E-state index < -0.39 is 0 Å². The summed E-state index contributed by atoms with van der Waals surface area (Å²) in [6.07, 6.45) is 0. The second-order valence-electron chi connectivity index (χ2n) is 3.57. The molecule has 3 nitrogen and oxygen atoms in total. The van der Waals surface area contributed by atoms with Gasteiger partial charge in [-0.15, -0.1) is 0 Å². The highest BCUT2D eigenvalue weighted by Crippen LogP contribution is 2.15. The van der Waals surface area contributed by atoms with Gasteiger partial charge in [-0.1, -0.05) is 15.9 Å². The normalized spacial score (nSPS) is 12.3. The van der Waals surface area contributed by atoms with Gasteiger partial charge in [0.05, 0.1) is 6.61 Å². The minimum Gasteiger partial charge on any atom is -0.394 e. The molecule has 1 unspecified atom stereocenters. The number of nitrogens with one attached hydrogen (secondary N) is 1. The molecular formula is C11H14BrNO2. The highest BCUT2D eigenvalue weighted by atomic mass is 79.9. The molecule has 0 saturated heterocycles. The van der Waals surface area contributed by atoms with Gasteiger partial charge in [0, 0.05) is 16.1 Å². The Morgan fingerprint density at radius 3 is 2.73 bits per heavy atom. The molecule has 1 amide bonds. The average molecular weight is 272 g/mol. The zero-order valence-corrected chi connectivity index (χ0v) is 10.3. The minimum absolute atomic E-state index is 0.0568. The fourth-order valence-electron chi connectivity index (χ4n) is 1.22. The number of rotatable bonds is 3. The topological polar surface area (TPSA) is 49.3 Å². The summed E-state index contributed by atoms with van der Waals surface area (Å²) < 4.78 is 0.879. The van der Waals surface area contributed by atoms with E-state index in [1.54, 1.807) is 13.0 Å². The lowest BCUT2D eigenvalue weighted by Gasteiger charge is -2.11. The van der Waals surface area contributed by atoms with Gasteiger partial charge >= 0.3 is 0 Å². The molecule has 4 heteroatoms. The van der Waals surface area contributed by atoms with Gasteiger partial charge < -0.3 is 10.4 Å². The summed E-state index contributed by atoms with van der Waals surface area (Å²) in [5.74, 6) is -0.166. The molecule has 15 heavy (non-hydrogen) atoms. The SMILES string of the molecule is Cc1cc(Br)cc(C(=O)NC(C)CO)c1. The zero-order valence-electron chi connectivity index (χ0n) is 8.75. The lowest BCUT2D eigenvalue weighted by Crippen LogP contribution is -2.35. The van der Waals surface area contributed by atoms with E-state index in [1.807, 2.05) is 19.1 Å². The summed E-state index contributed by atoms with van der Waals surface area (Å²) in [6, 6.07) is 5.28. The number of benzene rings is 1. The average Bonchev–Trinajstić information content (AvgIpc) is 2.16. The van der Waals surface area contributed by atoms with Crippen LogP contribution < -0.4 is 5.32 Å². The van der Waals surface area contributed by atoms with Crippen LogP contribution in [0, 0.1) is 6.92 Å². The van der Waals surface area contributed by atoms with E-state index in [4.69, 9.17) is 5.11 Å². The second kappa shape index (κ2) is 5.28. The van der Waals surface area contributed by atoms with E-state index >= 15 is 0 Å². The van der Waals surface area contributed by atoms with E-state index in [-0.39, 0.29) is 18.6 Å². The molecule has 0 saturated carbocycles. The molecule has 0 aliphatic carbocycles. The Morgan fingerprint density at radius 2 is 2.20 bits per heavy atom. The van der Waals surface area contributed by atoms with Crippen molar-refractivity contribution in [1.82, 2.24) is 5.32 Å². The third kappa shape index (κ3) is 3.64. The Hall–Kier alpha value is -0.870. The molecule has 0 radical (unpaired) electrons. The van der Waals surface area contributed by atoms with Crippen molar-refractivity contribution in [1.29, 1.82) is 0 Å². The molecule has 0 fully saturated rings. The largest absolute Gasteiger partial charge is 0.394 e. The Balaban J connectivity index is 2.82. The summed E-state index contributed by atoms with van der Waals surface area (Å²) >= 11 is 3.34. The Bertz CT molecular complexity index is 345. The maximum absolute atomic E-state index is 11.7. The predicted molar refractivity (Wildman–Crippen MR) is 62.9 cm³/mol. The molecule has 1 atom stereocenters. The van der Waals surface area contributed by atoms with Crippen molar-refractivity contribution < 1.29 is 9.90 Å². The van der Waals surface area contributed by atoms with E-state index in [2.05, 4.69) is 21.2 Å². The molecule has 1 aromatic carbocycles. The summed E-state index contributed by atoms with van der Waals surface area (Å²) in [4.78, 5) is 11.7. The maximum atomic E-state index is 11.7. The zero-order chi connectivity index (χ0) is 11.4. The van der Waals surface area contributed by atoms with Crippen molar-refractivity contribution >= 4 is 21.8 Å². The number of carbonyl (C=O) groups is 1. The quantitative estimate of drug-likeness (QED) is 0.882. The number of amides is 1. The van der Waals surface area contributed by atoms with Crippen LogP contribution in [-0.2, 0) is 0 Å². The van der Waals surface area contributed by atoms with Crippen LogP contribution >= 0.6 is 15.9 Å². The summed E-state index contributed by atoms with van der Waals surface area (Å²) in [5.41, 5.74) is 1.62. The number of aliphatic hydroxyl groups excluding tert-OH is 1. The second-order valence-corrected chi connectivity index (χ2v) is 4.49. The first-order valence-electron chi connectivity index (χ1n) is 4.72. The summed E-state index contributed by atoms with van der Waals surface area (Å²) in [6.45, 7) is 3.62. The van der Waals surface area contributed by atoms with Crippen molar-refractivity contribution in [2.75, 3.05) is 6.61 Å². The van der Waals surface area contributed by atoms with Crippen LogP contribution in [0.4, 0.5) is 0 Å². The highest BCUT2D eigenvalue weighted by molar-refractivity contribution is 9.10. The van der Waals surface area contributed by atoms with Crippen LogP contribution in [0.15, 0.2) is 22.7 Å². The van der Waals surface area contributed by atoms with E-state index in [1.165, 1.54) is 0 Å². The van der Waals surface area contributed by atoms with Gasteiger partial charge in [-0.05, 0) is 37.6 Å². The molecule has 0 spiro atoms. The monoisotopic (exact) mass is 271 g/mol. The van der Waals surface area contributed by atoms with Crippen molar-refractivity contribution in [2.45, 2.75) is 19.9 Å². The van der Waals surface area contributed by atoms with Gasteiger partial charge in [-0.3, -0.25) is 4.79 Å². The first kappa shape index (κ1) is 12.2. The first-order chi connectivity index (χ1) is 7.02. The van der Waals surface area contributed by atoms with Gasteiger partial charge in [0.25, 0.3) is 5.91 Å². The molecule has 0 bridgehead atoms. The molecule has 0 heterocycles. The number of aryl methyl sites for hydroxylation is 1. The minimum atomic E-state index is -0.225. The Labute approximate surface area is 97.6 Å². The summed E-state index contributed by atoms with van der Waals surface area (Å²) in [5, 5.41) is 11.5. The van der Waals surface area contributed by atoms with E-state index in [9.17, 15) is 4.79 Å². The van der Waals surface area contributed by atoms with Crippen LogP contribution in [-0.4, -0.2) is 23.7 Å². The molecule has 0 aromatic heterocycles. The van der Waals surface area contributed by atoms with Gasteiger partial charge in [0.2, 0.25) is 0 Å². The third-order valence-electron chi connectivity index (χ3n) is 1.96. The number of halogens is 1.